The van der Waals surface area contributed by atoms with Gasteiger partial charge in [0.05, 0.1) is 0 Å². The molecule has 0 unspecified atom stereocenters. The zero-order chi connectivity index (χ0) is 10.6. The first-order chi connectivity index (χ1) is 5.75. The quantitative estimate of drug-likeness (QED) is 0.599. The molecule has 0 bridgehead atoms. The lowest BCUT2D eigenvalue weighted by atomic mass is 10.1. The number of aliphatic carboxylic acids is 1. The Kier molecular flexibility index (Phi) is 4.15. The van der Waals surface area contributed by atoms with Gasteiger partial charge in [0.2, 0.25) is 0 Å². The lowest BCUT2D eigenvalue weighted by Gasteiger charge is -2.16. The van der Waals surface area contributed by atoms with Crippen molar-refractivity contribution in [3.63, 3.8) is 0 Å². The third-order valence-corrected chi connectivity index (χ3v) is 1.53. The summed E-state index contributed by atoms with van der Waals surface area (Å²) in [6, 6.07) is -3.29. The molecule has 0 aliphatic heterocycles. The average Bonchev–Trinajstić information content (AvgIpc) is 1.97. The second-order valence-corrected chi connectivity index (χ2v) is 2.67. The topological polar surface area (TPSA) is 89.3 Å². The molecule has 7 heteroatoms. The highest BCUT2D eigenvalue weighted by Gasteiger charge is 2.36. The molecule has 0 saturated carbocycles. The molecule has 0 rings (SSSR count). The molecule has 0 aromatic rings. The van der Waals surface area contributed by atoms with Crippen LogP contribution in [0, 0.1) is 0 Å². The highest BCUT2D eigenvalue weighted by atomic mass is 19.4. The number of hydrogen-bond donors (Lipinski definition) is 3. The van der Waals surface area contributed by atoms with Crippen molar-refractivity contribution in [1.29, 1.82) is 0 Å². The molecule has 13 heavy (non-hydrogen) atoms. The maximum absolute atomic E-state index is 11.8. The number of carboxylic acid groups (broad SMARTS) is 1. The summed E-state index contributed by atoms with van der Waals surface area (Å²) < 4.78 is 35.4. The van der Waals surface area contributed by atoms with Crippen LogP contribution < -0.4 is 11.5 Å². The second kappa shape index (κ2) is 4.43. The molecule has 0 fully saturated rings. The third kappa shape index (κ3) is 4.69. The minimum absolute atomic E-state index is 0.282. The normalized spacial score (nSPS) is 16.7. The van der Waals surface area contributed by atoms with Gasteiger partial charge in [-0.1, -0.05) is 0 Å². The molecule has 0 aliphatic carbocycles. The molecule has 5 N–H and O–H groups in total. The molecule has 0 radical (unpaired) electrons. The van der Waals surface area contributed by atoms with E-state index in [1.807, 2.05) is 0 Å². The first kappa shape index (κ1) is 12.2. The van der Waals surface area contributed by atoms with Gasteiger partial charge in [0.1, 0.15) is 12.1 Å². The van der Waals surface area contributed by atoms with E-state index >= 15 is 0 Å². The van der Waals surface area contributed by atoms with Crippen molar-refractivity contribution in [2.45, 2.75) is 31.1 Å². The summed E-state index contributed by atoms with van der Waals surface area (Å²) in [5.41, 5.74) is 9.71. The molecule has 0 aromatic carbocycles. The van der Waals surface area contributed by atoms with E-state index in [9.17, 15) is 18.0 Å². The van der Waals surface area contributed by atoms with E-state index in [-0.39, 0.29) is 6.42 Å². The Balaban J connectivity index is 3.83. The molecule has 0 aromatic heterocycles. The molecule has 2 atom stereocenters. The Hall–Kier alpha value is -0.820. The summed E-state index contributed by atoms with van der Waals surface area (Å²) in [6.45, 7) is 0. The minimum Gasteiger partial charge on any atom is -0.480 e. The standard InChI is InChI=1S/C6H11F3N2O2/c7-6(8,9)4(11)2-1-3(10)5(12)13/h3-4H,1-2,10-11H2,(H,12,13)/t3-,4+/m0/s1. The van der Waals surface area contributed by atoms with Crippen LogP contribution in [0.3, 0.4) is 0 Å². The van der Waals surface area contributed by atoms with Gasteiger partial charge in [-0.25, -0.2) is 0 Å². The minimum atomic E-state index is -4.49. The van der Waals surface area contributed by atoms with Crippen molar-refractivity contribution in [1.82, 2.24) is 0 Å². The predicted molar refractivity (Wildman–Crippen MR) is 38.9 cm³/mol. The van der Waals surface area contributed by atoms with Crippen molar-refractivity contribution in [2.24, 2.45) is 11.5 Å². The Morgan fingerprint density at radius 1 is 1.31 bits per heavy atom. The predicted octanol–water partition coefficient (Wildman–Crippen LogP) is 0.0681. The van der Waals surface area contributed by atoms with Gasteiger partial charge in [-0.2, -0.15) is 13.2 Å². The largest absolute Gasteiger partial charge is 0.480 e. The van der Waals surface area contributed by atoms with Crippen LogP contribution >= 0.6 is 0 Å². The van der Waals surface area contributed by atoms with Gasteiger partial charge < -0.3 is 16.6 Å². The van der Waals surface area contributed by atoms with Crippen molar-refractivity contribution in [3.05, 3.63) is 0 Å². The fourth-order valence-electron chi connectivity index (χ4n) is 0.646. The van der Waals surface area contributed by atoms with Gasteiger partial charge in [-0.15, -0.1) is 0 Å². The van der Waals surface area contributed by atoms with Gasteiger partial charge in [-0.05, 0) is 12.8 Å². The molecule has 0 aliphatic rings. The number of nitrogens with two attached hydrogens (primary N) is 2. The highest BCUT2D eigenvalue weighted by Crippen LogP contribution is 2.21. The summed E-state index contributed by atoms with van der Waals surface area (Å²) in [5.74, 6) is -1.32. The molecule has 0 heterocycles. The average molecular weight is 200 g/mol. The molecule has 0 saturated heterocycles. The molecular formula is C6H11F3N2O2. The van der Waals surface area contributed by atoms with Crippen molar-refractivity contribution in [3.8, 4) is 0 Å². The van der Waals surface area contributed by atoms with E-state index in [1.165, 1.54) is 0 Å². The molecule has 78 valence electrons. The summed E-state index contributed by atoms with van der Waals surface area (Å²) in [4.78, 5) is 10.1. The van der Waals surface area contributed by atoms with Crippen LogP contribution in [-0.4, -0.2) is 29.3 Å². The first-order valence-corrected chi connectivity index (χ1v) is 3.56. The third-order valence-electron chi connectivity index (χ3n) is 1.53. The summed E-state index contributed by atoms with van der Waals surface area (Å²) >= 11 is 0. The van der Waals surface area contributed by atoms with Crippen molar-refractivity contribution >= 4 is 5.97 Å². The van der Waals surface area contributed by atoms with Gasteiger partial charge in [-0.3, -0.25) is 4.79 Å². The van der Waals surface area contributed by atoms with Gasteiger partial charge in [0.15, 0.2) is 0 Å². The lowest BCUT2D eigenvalue weighted by molar-refractivity contribution is -0.151. The van der Waals surface area contributed by atoms with Crippen LogP contribution in [0.15, 0.2) is 0 Å². The van der Waals surface area contributed by atoms with Crippen LogP contribution in [-0.2, 0) is 4.79 Å². The zero-order valence-corrected chi connectivity index (χ0v) is 6.71. The van der Waals surface area contributed by atoms with Crippen LogP contribution in [0.1, 0.15) is 12.8 Å². The summed E-state index contributed by atoms with van der Waals surface area (Å²) in [6.07, 6.45) is -5.24. The van der Waals surface area contributed by atoms with Gasteiger partial charge in [0.25, 0.3) is 0 Å². The number of rotatable bonds is 4. The summed E-state index contributed by atoms with van der Waals surface area (Å²) in [5, 5.41) is 8.25. The monoisotopic (exact) mass is 200 g/mol. The van der Waals surface area contributed by atoms with Crippen LogP contribution in [0.5, 0.6) is 0 Å². The van der Waals surface area contributed by atoms with Gasteiger partial charge >= 0.3 is 12.1 Å². The van der Waals surface area contributed by atoms with Crippen LogP contribution in [0.4, 0.5) is 13.2 Å². The van der Waals surface area contributed by atoms with E-state index in [4.69, 9.17) is 16.6 Å². The number of alkyl halides is 3. The number of halogens is 3. The molecular weight excluding hydrogens is 189 g/mol. The maximum Gasteiger partial charge on any atom is 0.403 e. The van der Waals surface area contributed by atoms with Gasteiger partial charge in [0, 0.05) is 0 Å². The highest BCUT2D eigenvalue weighted by molar-refractivity contribution is 5.72. The Morgan fingerprint density at radius 3 is 2.08 bits per heavy atom. The van der Waals surface area contributed by atoms with Crippen molar-refractivity contribution in [2.75, 3.05) is 0 Å². The van der Waals surface area contributed by atoms with Crippen LogP contribution in [0.2, 0.25) is 0 Å². The maximum atomic E-state index is 11.8. The Bertz CT molecular complexity index is 183. The van der Waals surface area contributed by atoms with E-state index in [2.05, 4.69) is 0 Å². The lowest BCUT2D eigenvalue weighted by Crippen LogP contribution is -2.40. The Labute approximate surface area is 72.7 Å². The molecule has 0 amide bonds. The first-order valence-electron chi connectivity index (χ1n) is 3.56. The fraction of sp³-hybridized carbons (Fsp3) is 0.833. The summed E-state index contributed by atoms with van der Waals surface area (Å²) in [7, 11) is 0. The van der Waals surface area contributed by atoms with E-state index in [0.29, 0.717) is 0 Å². The fourth-order valence-corrected chi connectivity index (χ4v) is 0.646. The van der Waals surface area contributed by atoms with E-state index < -0.39 is 30.7 Å². The second-order valence-electron chi connectivity index (χ2n) is 2.67. The molecule has 4 nitrogen and oxygen atoms in total. The number of carboxylic acids is 1. The van der Waals surface area contributed by atoms with E-state index in [1.54, 1.807) is 0 Å². The number of hydrogen-bond acceptors (Lipinski definition) is 3. The smallest absolute Gasteiger partial charge is 0.403 e. The number of carbonyl (C=O) groups is 1. The van der Waals surface area contributed by atoms with E-state index in [0.717, 1.165) is 0 Å². The SMILES string of the molecule is N[C@H](CC[C@H](N)C(=O)O)C(F)(F)F. The Morgan fingerprint density at radius 2 is 1.77 bits per heavy atom. The molecule has 0 spiro atoms. The van der Waals surface area contributed by atoms with Crippen molar-refractivity contribution < 1.29 is 23.1 Å². The van der Waals surface area contributed by atoms with Crippen LogP contribution in [0.25, 0.3) is 0 Å². The zero-order valence-electron chi connectivity index (χ0n) is 6.71.